The molecule has 1 aliphatic rings. The molecule has 2 heterocycles. The van der Waals surface area contributed by atoms with Crippen LogP contribution in [0.5, 0.6) is 0 Å². The van der Waals surface area contributed by atoms with Crippen LogP contribution in [-0.4, -0.2) is 41.3 Å². The number of aryl methyl sites for hydroxylation is 1. The largest absolute Gasteiger partial charge is 0.339 e. The number of hydrogen-bond donors (Lipinski definition) is 1. The third kappa shape index (κ3) is 3.89. The average molecular weight is 401 g/mol. The Labute approximate surface area is 155 Å². The van der Waals surface area contributed by atoms with Crippen molar-refractivity contribution in [3.05, 3.63) is 41.6 Å². The van der Waals surface area contributed by atoms with E-state index in [2.05, 4.69) is 10.3 Å². The van der Waals surface area contributed by atoms with Gasteiger partial charge in [-0.3, -0.25) is 4.79 Å². The minimum absolute atomic E-state index is 0.00357. The Morgan fingerprint density at radius 2 is 2.04 bits per heavy atom. The molecule has 0 bridgehead atoms. The number of rotatable bonds is 4. The molecule has 1 fully saturated rings. The number of piperidine rings is 1. The van der Waals surface area contributed by atoms with Crippen molar-refractivity contribution in [1.82, 2.24) is 13.9 Å². The van der Waals surface area contributed by atoms with Gasteiger partial charge in [-0.25, -0.2) is 17.8 Å². The zero-order valence-electron chi connectivity index (χ0n) is 14.0. The maximum atomic E-state index is 13.2. The van der Waals surface area contributed by atoms with Gasteiger partial charge in [0, 0.05) is 37.9 Å². The van der Waals surface area contributed by atoms with Crippen LogP contribution in [0.25, 0.3) is 0 Å². The fourth-order valence-electron chi connectivity index (χ4n) is 2.83. The Kier molecular flexibility index (Phi) is 5.31. The van der Waals surface area contributed by atoms with Crippen LogP contribution in [0.4, 0.5) is 10.1 Å². The highest BCUT2D eigenvalue weighted by Crippen LogP contribution is 2.25. The lowest BCUT2D eigenvalue weighted by atomic mass is 9.97. The number of hydrogen-bond acceptors (Lipinski definition) is 4. The number of anilines is 1. The van der Waals surface area contributed by atoms with E-state index in [9.17, 15) is 17.6 Å². The van der Waals surface area contributed by atoms with E-state index in [0.717, 1.165) is 0 Å². The zero-order chi connectivity index (χ0) is 18.9. The van der Waals surface area contributed by atoms with Gasteiger partial charge in [-0.05, 0) is 31.0 Å². The normalized spacial score (nSPS) is 16.6. The van der Waals surface area contributed by atoms with Crippen molar-refractivity contribution < 1.29 is 17.6 Å². The highest BCUT2D eigenvalue weighted by Gasteiger charge is 2.33. The second kappa shape index (κ2) is 7.34. The first-order chi connectivity index (χ1) is 12.3. The van der Waals surface area contributed by atoms with Crippen molar-refractivity contribution in [2.75, 3.05) is 18.4 Å². The molecule has 1 aromatic carbocycles. The molecule has 26 heavy (non-hydrogen) atoms. The lowest BCUT2D eigenvalue weighted by Gasteiger charge is -2.29. The van der Waals surface area contributed by atoms with Crippen molar-refractivity contribution >= 4 is 33.2 Å². The van der Waals surface area contributed by atoms with Gasteiger partial charge in [0.15, 0.2) is 5.03 Å². The number of nitrogens with zero attached hydrogens (tertiary/aromatic N) is 3. The highest BCUT2D eigenvalue weighted by molar-refractivity contribution is 7.89. The Bertz CT molecular complexity index is 923. The molecule has 7 nitrogen and oxygen atoms in total. The maximum Gasteiger partial charge on any atom is 0.262 e. The average Bonchev–Trinajstić information content (AvgIpc) is 3.05. The van der Waals surface area contributed by atoms with Crippen LogP contribution in [0.1, 0.15) is 12.8 Å². The lowest BCUT2D eigenvalue weighted by Crippen LogP contribution is -2.41. The molecule has 0 spiro atoms. The van der Waals surface area contributed by atoms with Crippen molar-refractivity contribution in [2.45, 2.75) is 17.9 Å². The number of carbonyl (C=O) groups is 1. The standard InChI is InChI=1S/C16H18ClFN4O3S/c1-21-9-15(19-10-21)26(24,25)22-6-4-11(5-7-22)16(23)20-12-2-3-14(18)13(17)8-12/h2-3,8-11H,4-7H2,1H3,(H,20,23). The summed E-state index contributed by atoms with van der Waals surface area (Å²) < 4.78 is 41.2. The fourth-order valence-corrected chi connectivity index (χ4v) is 4.45. The molecule has 0 aliphatic carbocycles. The molecule has 0 unspecified atom stereocenters. The second-order valence-corrected chi connectivity index (χ2v) is 8.47. The summed E-state index contributed by atoms with van der Waals surface area (Å²) in [5.41, 5.74) is 0.407. The first-order valence-electron chi connectivity index (χ1n) is 8.01. The molecule has 0 atom stereocenters. The minimum Gasteiger partial charge on any atom is -0.339 e. The number of benzene rings is 1. The molecule has 1 aromatic heterocycles. The van der Waals surface area contributed by atoms with E-state index >= 15 is 0 Å². The number of sulfonamides is 1. The number of imidazole rings is 1. The summed E-state index contributed by atoms with van der Waals surface area (Å²) in [5.74, 6) is -1.12. The van der Waals surface area contributed by atoms with Gasteiger partial charge < -0.3 is 9.88 Å². The molecule has 3 rings (SSSR count). The van der Waals surface area contributed by atoms with Gasteiger partial charge in [-0.1, -0.05) is 11.6 Å². The summed E-state index contributed by atoms with van der Waals surface area (Å²) in [7, 11) is -1.95. The first-order valence-corrected chi connectivity index (χ1v) is 9.83. The third-order valence-corrected chi connectivity index (χ3v) is 6.37. The van der Waals surface area contributed by atoms with Crippen LogP contribution < -0.4 is 5.32 Å². The van der Waals surface area contributed by atoms with Crippen LogP contribution in [-0.2, 0) is 21.9 Å². The Balaban J connectivity index is 1.61. The summed E-state index contributed by atoms with van der Waals surface area (Å²) in [4.78, 5) is 16.3. The van der Waals surface area contributed by atoms with Crippen LogP contribution >= 0.6 is 11.6 Å². The van der Waals surface area contributed by atoms with Gasteiger partial charge in [0.2, 0.25) is 5.91 Å². The maximum absolute atomic E-state index is 13.2. The lowest BCUT2D eigenvalue weighted by molar-refractivity contribution is -0.120. The van der Waals surface area contributed by atoms with Crippen LogP contribution in [0.3, 0.4) is 0 Å². The molecule has 1 N–H and O–H groups in total. The predicted molar refractivity (Wildman–Crippen MR) is 94.7 cm³/mol. The summed E-state index contributed by atoms with van der Waals surface area (Å²) >= 11 is 5.71. The quantitative estimate of drug-likeness (QED) is 0.853. The van der Waals surface area contributed by atoms with Crippen molar-refractivity contribution in [3.63, 3.8) is 0 Å². The van der Waals surface area contributed by atoms with E-state index in [1.807, 2.05) is 0 Å². The van der Waals surface area contributed by atoms with Gasteiger partial charge in [0.1, 0.15) is 5.82 Å². The van der Waals surface area contributed by atoms with Crippen LogP contribution in [0, 0.1) is 11.7 Å². The topological polar surface area (TPSA) is 84.3 Å². The number of amides is 1. The van der Waals surface area contributed by atoms with E-state index in [-0.39, 0.29) is 35.0 Å². The van der Waals surface area contributed by atoms with E-state index < -0.39 is 15.8 Å². The second-order valence-electron chi connectivity index (χ2n) is 6.17. The van der Waals surface area contributed by atoms with E-state index in [1.54, 1.807) is 11.6 Å². The van der Waals surface area contributed by atoms with Crippen LogP contribution in [0.2, 0.25) is 5.02 Å². The monoisotopic (exact) mass is 400 g/mol. The van der Waals surface area contributed by atoms with Crippen molar-refractivity contribution in [1.29, 1.82) is 0 Å². The molecular formula is C16H18ClFN4O3S. The van der Waals surface area contributed by atoms with Crippen molar-refractivity contribution in [3.8, 4) is 0 Å². The number of halogens is 2. The van der Waals surface area contributed by atoms with Gasteiger partial charge in [-0.2, -0.15) is 4.31 Å². The van der Waals surface area contributed by atoms with Crippen molar-refractivity contribution in [2.24, 2.45) is 13.0 Å². The third-order valence-electron chi connectivity index (χ3n) is 4.30. The molecule has 140 valence electrons. The molecule has 1 saturated heterocycles. The Morgan fingerprint density at radius 3 is 2.62 bits per heavy atom. The number of carbonyl (C=O) groups excluding carboxylic acids is 1. The summed E-state index contributed by atoms with van der Waals surface area (Å²) in [5, 5.41) is 2.63. The van der Waals surface area contributed by atoms with E-state index in [1.165, 1.54) is 35.0 Å². The molecule has 1 amide bonds. The van der Waals surface area contributed by atoms with Gasteiger partial charge in [-0.15, -0.1) is 0 Å². The summed E-state index contributed by atoms with van der Waals surface area (Å²) in [6.07, 6.45) is 3.67. The molecule has 0 radical (unpaired) electrons. The molecule has 10 heteroatoms. The smallest absolute Gasteiger partial charge is 0.262 e. The highest BCUT2D eigenvalue weighted by atomic mass is 35.5. The predicted octanol–water partition coefficient (Wildman–Crippen LogP) is 2.25. The fraction of sp³-hybridized carbons (Fsp3) is 0.375. The Hall–Kier alpha value is -1.97. The Morgan fingerprint density at radius 1 is 1.35 bits per heavy atom. The first kappa shape index (κ1) is 18.8. The van der Waals surface area contributed by atoms with E-state index in [4.69, 9.17) is 11.6 Å². The van der Waals surface area contributed by atoms with Crippen LogP contribution in [0.15, 0.2) is 35.7 Å². The SMILES string of the molecule is Cn1cnc(S(=O)(=O)N2CCC(C(=O)Nc3ccc(F)c(Cl)c3)CC2)c1. The molecule has 1 aliphatic heterocycles. The number of nitrogens with one attached hydrogen (secondary N) is 1. The number of aromatic nitrogens is 2. The molecular weight excluding hydrogens is 383 g/mol. The minimum atomic E-state index is -3.65. The zero-order valence-corrected chi connectivity index (χ0v) is 15.6. The van der Waals surface area contributed by atoms with Gasteiger partial charge in [0.25, 0.3) is 10.0 Å². The van der Waals surface area contributed by atoms with Gasteiger partial charge >= 0.3 is 0 Å². The van der Waals surface area contributed by atoms with E-state index in [0.29, 0.717) is 18.5 Å². The molecule has 2 aromatic rings. The summed E-state index contributed by atoms with van der Waals surface area (Å²) in [6.45, 7) is 0.475. The van der Waals surface area contributed by atoms with Gasteiger partial charge in [0.05, 0.1) is 11.3 Å². The summed E-state index contributed by atoms with van der Waals surface area (Å²) in [6, 6.07) is 3.95. The molecule has 0 saturated carbocycles.